The largest absolute Gasteiger partial charge is 0.478 e. The average molecular weight is 255 g/mol. The zero-order valence-electron chi connectivity index (χ0n) is 9.86. The minimum atomic E-state index is -0.925. The van der Waals surface area contributed by atoms with Crippen LogP contribution in [0.1, 0.15) is 34.7 Å². The molecule has 1 aliphatic rings. The lowest BCUT2D eigenvalue weighted by atomic mass is 10.2. The minimum absolute atomic E-state index is 0.264. The topological polar surface area (TPSA) is 62.5 Å². The molecule has 1 atom stereocenters. The lowest BCUT2D eigenvalue weighted by Crippen LogP contribution is -2.33. The van der Waals surface area contributed by atoms with Gasteiger partial charge in [0.15, 0.2) is 0 Å². The molecule has 1 fully saturated rings. The highest BCUT2D eigenvalue weighted by Crippen LogP contribution is 2.18. The van der Waals surface area contributed by atoms with E-state index < -0.39 is 5.97 Å². The van der Waals surface area contributed by atoms with E-state index in [1.165, 1.54) is 18.6 Å². The zero-order chi connectivity index (χ0) is 12.3. The molecule has 0 spiro atoms. The van der Waals surface area contributed by atoms with Crippen LogP contribution in [0.5, 0.6) is 0 Å². The van der Waals surface area contributed by atoms with Crippen LogP contribution in [0.4, 0.5) is 0 Å². The van der Waals surface area contributed by atoms with Crippen LogP contribution in [-0.4, -0.2) is 28.6 Å². The molecule has 2 rings (SSSR count). The van der Waals surface area contributed by atoms with Crippen molar-refractivity contribution < 1.29 is 14.3 Å². The van der Waals surface area contributed by atoms with Crippen LogP contribution in [0.3, 0.4) is 0 Å². The molecule has 1 aromatic heterocycles. The van der Waals surface area contributed by atoms with Crippen LogP contribution in [0.15, 0.2) is 10.5 Å². The van der Waals surface area contributed by atoms with Gasteiger partial charge in [0.1, 0.15) is 17.1 Å². The molecule has 0 radical (unpaired) electrons. The minimum Gasteiger partial charge on any atom is -0.478 e. The lowest BCUT2D eigenvalue weighted by Gasteiger charge is -2.21. The molecule has 0 aliphatic carbocycles. The number of furan rings is 1. The number of rotatable bonds is 4. The molecule has 1 saturated heterocycles. The SMILES string of the molecule is Cc1oc(CNC2CCCSC2)cc1C(=O)O. The lowest BCUT2D eigenvalue weighted by molar-refractivity contribution is 0.0695. The number of carboxylic acid groups (broad SMARTS) is 1. The molecule has 0 saturated carbocycles. The van der Waals surface area contributed by atoms with Crippen molar-refractivity contribution in [2.24, 2.45) is 0 Å². The molecular formula is C12H17NO3S. The number of aromatic carboxylic acids is 1. The second-order valence-electron chi connectivity index (χ2n) is 4.28. The van der Waals surface area contributed by atoms with Crippen molar-refractivity contribution in [1.82, 2.24) is 5.32 Å². The smallest absolute Gasteiger partial charge is 0.339 e. The van der Waals surface area contributed by atoms with Crippen LogP contribution in [0.2, 0.25) is 0 Å². The fraction of sp³-hybridized carbons (Fsp3) is 0.583. The Morgan fingerprint density at radius 3 is 3.12 bits per heavy atom. The molecule has 5 heteroatoms. The highest BCUT2D eigenvalue weighted by atomic mass is 32.2. The Balaban J connectivity index is 1.90. The van der Waals surface area contributed by atoms with Crippen LogP contribution < -0.4 is 5.32 Å². The van der Waals surface area contributed by atoms with Gasteiger partial charge in [-0.1, -0.05) is 0 Å². The van der Waals surface area contributed by atoms with Crippen LogP contribution >= 0.6 is 11.8 Å². The van der Waals surface area contributed by atoms with Gasteiger partial charge in [0, 0.05) is 11.8 Å². The summed E-state index contributed by atoms with van der Waals surface area (Å²) in [5.41, 5.74) is 0.264. The zero-order valence-corrected chi connectivity index (χ0v) is 10.7. The van der Waals surface area contributed by atoms with Gasteiger partial charge in [-0.05, 0) is 31.6 Å². The summed E-state index contributed by atoms with van der Waals surface area (Å²) in [6, 6.07) is 2.13. The second kappa shape index (κ2) is 5.60. The molecule has 4 nitrogen and oxygen atoms in total. The maximum Gasteiger partial charge on any atom is 0.339 e. The Kier molecular flexibility index (Phi) is 4.12. The van der Waals surface area contributed by atoms with Gasteiger partial charge >= 0.3 is 5.97 Å². The summed E-state index contributed by atoms with van der Waals surface area (Å²) in [7, 11) is 0. The van der Waals surface area contributed by atoms with Crippen molar-refractivity contribution in [2.45, 2.75) is 32.4 Å². The highest BCUT2D eigenvalue weighted by Gasteiger charge is 2.16. The maximum absolute atomic E-state index is 10.9. The van der Waals surface area contributed by atoms with Gasteiger partial charge in [0.05, 0.1) is 6.54 Å². The monoisotopic (exact) mass is 255 g/mol. The van der Waals surface area contributed by atoms with Crippen LogP contribution in [-0.2, 0) is 6.54 Å². The number of hydrogen-bond donors (Lipinski definition) is 2. The van der Waals surface area contributed by atoms with Gasteiger partial charge in [-0.3, -0.25) is 0 Å². The fourth-order valence-electron chi connectivity index (χ4n) is 1.99. The summed E-state index contributed by atoms with van der Waals surface area (Å²) < 4.78 is 5.42. The number of hydrogen-bond acceptors (Lipinski definition) is 4. The van der Waals surface area contributed by atoms with E-state index in [4.69, 9.17) is 9.52 Å². The van der Waals surface area contributed by atoms with E-state index in [1.54, 1.807) is 13.0 Å². The van der Waals surface area contributed by atoms with Gasteiger partial charge in [-0.2, -0.15) is 11.8 Å². The first-order valence-corrected chi connectivity index (χ1v) is 6.96. The Hall–Kier alpha value is -0.940. The number of thioether (sulfide) groups is 1. The van der Waals surface area contributed by atoms with Crippen LogP contribution in [0, 0.1) is 6.92 Å². The van der Waals surface area contributed by atoms with Gasteiger partial charge in [-0.15, -0.1) is 0 Å². The molecular weight excluding hydrogens is 238 g/mol. The maximum atomic E-state index is 10.9. The van der Waals surface area contributed by atoms with Gasteiger partial charge in [-0.25, -0.2) is 4.79 Å². The molecule has 1 aliphatic heterocycles. The number of carbonyl (C=O) groups is 1. The van der Waals surface area contributed by atoms with E-state index in [1.807, 2.05) is 11.8 Å². The Bertz CT molecular complexity index is 396. The van der Waals surface area contributed by atoms with E-state index in [2.05, 4.69) is 5.32 Å². The van der Waals surface area contributed by atoms with E-state index in [9.17, 15) is 4.79 Å². The number of aryl methyl sites for hydroxylation is 1. The van der Waals surface area contributed by atoms with E-state index in [0.29, 0.717) is 24.1 Å². The number of carboxylic acids is 1. The van der Waals surface area contributed by atoms with E-state index in [-0.39, 0.29) is 5.56 Å². The summed E-state index contributed by atoms with van der Waals surface area (Å²) in [5, 5.41) is 12.3. The third-order valence-corrected chi connectivity index (χ3v) is 4.14. The normalized spacial score (nSPS) is 20.4. The summed E-state index contributed by atoms with van der Waals surface area (Å²) in [4.78, 5) is 10.9. The molecule has 2 heterocycles. The van der Waals surface area contributed by atoms with Crippen molar-refractivity contribution in [3.05, 3.63) is 23.2 Å². The fourth-order valence-corrected chi connectivity index (χ4v) is 3.10. The Labute approximate surface area is 105 Å². The van der Waals surface area contributed by atoms with Crippen molar-refractivity contribution in [3.8, 4) is 0 Å². The second-order valence-corrected chi connectivity index (χ2v) is 5.43. The predicted octanol–water partition coefficient (Wildman–Crippen LogP) is 2.27. The average Bonchev–Trinajstić information content (AvgIpc) is 2.69. The summed E-state index contributed by atoms with van der Waals surface area (Å²) in [6.45, 7) is 2.29. The van der Waals surface area contributed by atoms with Crippen molar-refractivity contribution >= 4 is 17.7 Å². The van der Waals surface area contributed by atoms with Crippen molar-refractivity contribution in [1.29, 1.82) is 0 Å². The molecule has 0 aromatic carbocycles. The quantitative estimate of drug-likeness (QED) is 0.864. The third-order valence-electron chi connectivity index (χ3n) is 2.92. The van der Waals surface area contributed by atoms with E-state index >= 15 is 0 Å². The van der Waals surface area contributed by atoms with E-state index in [0.717, 1.165) is 5.75 Å². The molecule has 1 aromatic rings. The molecule has 17 heavy (non-hydrogen) atoms. The predicted molar refractivity (Wildman–Crippen MR) is 67.6 cm³/mol. The Morgan fingerprint density at radius 2 is 2.53 bits per heavy atom. The molecule has 0 amide bonds. The van der Waals surface area contributed by atoms with Crippen LogP contribution in [0.25, 0.3) is 0 Å². The summed E-state index contributed by atoms with van der Waals surface area (Å²) in [5.74, 6) is 2.64. The van der Waals surface area contributed by atoms with Crippen molar-refractivity contribution in [2.75, 3.05) is 11.5 Å². The standard InChI is InChI=1S/C12H17NO3S/c1-8-11(12(14)15)5-10(16-8)6-13-9-3-2-4-17-7-9/h5,9,13H,2-4,6-7H2,1H3,(H,14,15). The van der Waals surface area contributed by atoms with Gasteiger partial charge < -0.3 is 14.8 Å². The highest BCUT2D eigenvalue weighted by molar-refractivity contribution is 7.99. The molecule has 94 valence electrons. The Morgan fingerprint density at radius 1 is 1.71 bits per heavy atom. The first-order valence-electron chi connectivity index (χ1n) is 5.80. The van der Waals surface area contributed by atoms with Gasteiger partial charge in [0.25, 0.3) is 0 Å². The summed E-state index contributed by atoms with van der Waals surface area (Å²) >= 11 is 1.96. The van der Waals surface area contributed by atoms with Crippen molar-refractivity contribution in [3.63, 3.8) is 0 Å². The molecule has 2 N–H and O–H groups in total. The summed E-state index contributed by atoms with van der Waals surface area (Å²) in [6.07, 6.45) is 2.44. The molecule has 1 unspecified atom stereocenters. The number of nitrogens with one attached hydrogen (secondary N) is 1. The third kappa shape index (κ3) is 3.26. The first-order chi connectivity index (χ1) is 8.16. The molecule has 0 bridgehead atoms. The first kappa shape index (κ1) is 12.5. The van der Waals surface area contributed by atoms with Gasteiger partial charge in [0.2, 0.25) is 0 Å².